The molecule has 2 bridgehead atoms. The molecule has 0 aromatic rings. The molecule has 6 atom stereocenters. The van der Waals surface area contributed by atoms with Crippen molar-refractivity contribution in [1.29, 1.82) is 0 Å². The first kappa shape index (κ1) is 14.1. The lowest BCUT2D eigenvalue weighted by molar-refractivity contribution is -0.964. The van der Waals surface area contributed by atoms with Gasteiger partial charge in [0.15, 0.2) is 16.9 Å². The summed E-state index contributed by atoms with van der Waals surface area (Å²) in [5.41, 5.74) is -4.00. The molecule has 4 unspecified atom stereocenters. The van der Waals surface area contributed by atoms with Gasteiger partial charge in [0.1, 0.15) is 5.60 Å². The molecular weight excluding hydrogens is 270 g/mol. The fourth-order valence-electron chi connectivity index (χ4n) is 6.49. The Hall–Kier alpha value is -0.490. The van der Waals surface area contributed by atoms with Gasteiger partial charge in [-0.25, -0.2) is 0 Å². The molecule has 2 aliphatic heterocycles. The summed E-state index contributed by atoms with van der Waals surface area (Å²) in [6.45, 7) is 2.94. The van der Waals surface area contributed by atoms with Crippen LogP contribution >= 0.6 is 0 Å². The van der Waals surface area contributed by atoms with Crippen LogP contribution in [0.3, 0.4) is 0 Å². The normalized spacial score (nSPS) is 59.5. The number of hydrogen-bond acceptors (Lipinski definition) is 4. The molecule has 4 rings (SSSR count). The van der Waals surface area contributed by atoms with E-state index in [0.717, 1.165) is 6.42 Å². The summed E-state index contributed by atoms with van der Waals surface area (Å²) in [6, 6.07) is 0. The Morgan fingerprint density at radius 2 is 1.90 bits per heavy atom. The van der Waals surface area contributed by atoms with E-state index in [-0.39, 0.29) is 24.0 Å². The van der Waals surface area contributed by atoms with E-state index in [2.05, 4.69) is 6.92 Å². The summed E-state index contributed by atoms with van der Waals surface area (Å²) >= 11 is 0. The van der Waals surface area contributed by atoms with Crippen LogP contribution in [-0.4, -0.2) is 50.5 Å². The monoisotopic (exact) mass is 295 g/mol. The van der Waals surface area contributed by atoms with Crippen molar-refractivity contribution in [2.45, 2.75) is 68.6 Å². The second-order valence-corrected chi connectivity index (χ2v) is 8.06. The first-order valence-corrected chi connectivity index (χ1v) is 8.35. The van der Waals surface area contributed by atoms with Gasteiger partial charge < -0.3 is 20.1 Å². The summed E-state index contributed by atoms with van der Waals surface area (Å²) in [5.74, 6) is -0.0690. The molecule has 4 aliphatic rings. The summed E-state index contributed by atoms with van der Waals surface area (Å²) in [5, 5.41) is 36.4. The van der Waals surface area contributed by atoms with Gasteiger partial charge >= 0.3 is 0 Å². The highest BCUT2D eigenvalue weighted by Crippen LogP contribution is 2.65. The third kappa shape index (κ3) is 1.31. The summed E-state index contributed by atoms with van der Waals surface area (Å²) in [6.07, 6.45) is 3.67. The predicted molar refractivity (Wildman–Crippen MR) is 76.0 cm³/mol. The van der Waals surface area contributed by atoms with Gasteiger partial charge in [-0.1, -0.05) is 6.92 Å². The molecule has 2 heterocycles. The van der Waals surface area contributed by atoms with E-state index in [4.69, 9.17) is 0 Å². The van der Waals surface area contributed by atoms with Gasteiger partial charge in [0, 0.05) is 25.2 Å². The number of carbonyl (C=O) groups excluding carboxylic acids is 1. The highest BCUT2D eigenvalue weighted by molar-refractivity contribution is 5.91. The molecule has 2 N–H and O–H groups in total. The largest absolute Gasteiger partial charge is 0.632 e. The number of quaternary nitrogens is 1. The van der Waals surface area contributed by atoms with Crippen LogP contribution in [0.4, 0.5) is 0 Å². The molecule has 1 spiro atoms. The maximum absolute atomic E-state index is 13.6. The fraction of sp³-hybridized carbons (Fsp3) is 0.938. The van der Waals surface area contributed by atoms with Crippen LogP contribution in [0.5, 0.6) is 0 Å². The molecule has 21 heavy (non-hydrogen) atoms. The maximum Gasteiger partial charge on any atom is 0.181 e. The first-order chi connectivity index (χ1) is 9.79. The zero-order chi connectivity index (χ0) is 15.1. The zero-order valence-corrected chi connectivity index (χ0v) is 12.7. The second-order valence-electron chi connectivity index (χ2n) is 8.06. The minimum atomic E-state index is -1.62. The van der Waals surface area contributed by atoms with E-state index in [1.54, 1.807) is 0 Å². The topological polar surface area (TPSA) is 80.6 Å². The lowest BCUT2D eigenvalue weighted by atomic mass is 9.44. The van der Waals surface area contributed by atoms with Crippen LogP contribution in [0.2, 0.25) is 0 Å². The van der Waals surface area contributed by atoms with Crippen molar-refractivity contribution in [3.05, 3.63) is 5.21 Å². The van der Waals surface area contributed by atoms with Crippen LogP contribution < -0.4 is 0 Å². The van der Waals surface area contributed by atoms with Crippen LogP contribution in [0.1, 0.15) is 51.9 Å². The van der Waals surface area contributed by atoms with E-state index >= 15 is 0 Å². The van der Waals surface area contributed by atoms with E-state index in [9.17, 15) is 20.2 Å². The molecule has 2 saturated heterocycles. The zero-order valence-electron chi connectivity index (χ0n) is 12.7. The van der Waals surface area contributed by atoms with Crippen molar-refractivity contribution in [1.82, 2.24) is 0 Å². The molecule has 5 nitrogen and oxygen atoms in total. The van der Waals surface area contributed by atoms with E-state index < -0.39 is 21.4 Å². The lowest BCUT2D eigenvalue weighted by Gasteiger charge is -2.76. The smallest absolute Gasteiger partial charge is 0.181 e. The molecule has 0 radical (unpaired) electrons. The van der Waals surface area contributed by atoms with Gasteiger partial charge in [-0.2, -0.15) is 0 Å². The number of rotatable bonds is 0. The fourth-order valence-corrected chi connectivity index (χ4v) is 6.49. The van der Waals surface area contributed by atoms with E-state index in [1.807, 2.05) is 0 Å². The third-order valence-corrected chi connectivity index (χ3v) is 7.13. The Bertz CT molecular complexity index is 507. The number of hydroxylamine groups is 3. The van der Waals surface area contributed by atoms with Gasteiger partial charge in [0.2, 0.25) is 0 Å². The number of aliphatic hydroxyl groups is 2. The number of nitrogens with zero attached hydrogens (tertiary/aromatic N) is 1. The third-order valence-electron chi connectivity index (χ3n) is 7.13. The first-order valence-electron chi connectivity index (χ1n) is 8.35. The standard InChI is InChI=1S/C16H25NO4/c1-11-8-12-9-13(18)15(20)5-3-7-17(21)6-2-4-14(12,19)16(15,17)10-11/h11-12,19-20H,2-10H2,1H3/t11-,12?,14?,15?,16-,17?/m1/s1. The summed E-state index contributed by atoms with van der Waals surface area (Å²) in [7, 11) is 0. The highest BCUT2D eigenvalue weighted by Gasteiger charge is 2.81. The van der Waals surface area contributed by atoms with Crippen molar-refractivity contribution < 1.29 is 19.7 Å². The SMILES string of the molecule is C[C@@H]1CC2CC(=O)C3(O)CCC[N+]4([O-])CCCC2(O)[C@]34C1. The number of Topliss-reactive ketones (excluding diaryl/α,β-unsaturated/α-hetero) is 1. The summed E-state index contributed by atoms with van der Waals surface area (Å²) in [4.78, 5) is 12.7. The van der Waals surface area contributed by atoms with Crippen molar-refractivity contribution in [2.75, 3.05) is 13.1 Å². The molecule has 0 aromatic heterocycles. The maximum atomic E-state index is 13.6. The number of piperidine rings is 2. The summed E-state index contributed by atoms with van der Waals surface area (Å²) < 4.78 is -0.549. The predicted octanol–water partition coefficient (Wildman–Crippen LogP) is 1.11. The van der Waals surface area contributed by atoms with Gasteiger partial charge in [0.25, 0.3) is 0 Å². The Balaban J connectivity index is 2.00. The van der Waals surface area contributed by atoms with Gasteiger partial charge in [-0.05, 0) is 31.6 Å². The van der Waals surface area contributed by atoms with Crippen molar-refractivity contribution in [3.63, 3.8) is 0 Å². The molecule has 0 amide bonds. The minimum absolute atomic E-state index is 0.154. The van der Waals surface area contributed by atoms with Crippen molar-refractivity contribution in [2.24, 2.45) is 11.8 Å². The average Bonchev–Trinajstić information content (AvgIpc) is 2.38. The quantitative estimate of drug-likeness (QED) is 0.518. The Labute approximate surface area is 125 Å². The van der Waals surface area contributed by atoms with Crippen molar-refractivity contribution >= 4 is 5.78 Å². The van der Waals surface area contributed by atoms with E-state index in [0.29, 0.717) is 45.2 Å². The number of ketones is 1. The molecule has 4 fully saturated rings. The Kier molecular flexibility index (Phi) is 2.61. The Morgan fingerprint density at radius 1 is 1.24 bits per heavy atom. The molecule has 118 valence electrons. The molecule has 5 heteroatoms. The van der Waals surface area contributed by atoms with Crippen LogP contribution in [0, 0.1) is 17.0 Å². The molecule has 0 aromatic carbocycles. The molecular formula is C16H25NO4. The van der Waals surface area contributed by atoms with Crippen LogP contribution in [0.15, 0.2) is 0 Å². The van der Waals surface area contributed by atoms with Crippen LogP contribution in [0.25, 0.3) is 0 Å². The molecule has 2 aliphatic carbocycles. The van der Waals surface area contributed by atoms with Crippen LogP contribution in [-0.2, 0) is 4.79 Å². The minimum Gasteiger partial charge on any atom is -0.632 e. The number of carbonyl (C=O) groups is 1. The van der Waals surface area contributed by atoms with Gasteiger partial charge in [-0.3, -0.25) is 4.79 Å². The second kappa shape index (κ2) is 3.88. The average molecular weight is 295 g/mol. The van der Waals surface area contributed by atoms with Crippen molar-refractivity contribution in [3.8, 4) is 0 Å². The lowest BCUT2D eigenvalue weighted by Crippen LogP contribution is -2.91. The Morgan fingerprint density at radius 3 is 2.62 bits per heavy atom. The highest BCUT2D eigenvalue weighted by atomic mass is 16.6. The molecule has 2 saturated carbocycles. The number of hydrogen-bond donors (Lipinski definition) is 2. The van der Waals surface area contributed by atoms with Gasteiger partial charge in [-0.15, -0.1) is 0 Å². The van der Waals surface area contributed by atoms with Gasteiger partial charge in [0.05, 0.1) is 13.1 Å². The van der Waals surface area contributed by atoms with E-state index in [1.165, 1.54) is 0 Å².